The predicted molar refractivity (Wildman–Crippen MR) is 77.9 cm³/mol. The Hall–Kier alpha value is -1.85. The van der Waals surface area contributed by atoms with Crippen LogP contribution in [0.25, 0.3) is 0 Å². The van der Waals surface area contributed by atoms with Crippen molar-refractivity contribution >= 4 is 0 Å². The molecular weight excluding hydrogens is 254 g/mol. The van der Waals surface area contributed by atoms with E-state index >= 15 is 0 Å². The molecule has 5 nitrogen and oxygen atoms in total. The summed E-state index contributed by atoms with van der Waals surface area (Å²) in [6.45, 7) is 3.29. The monoisotopic (exact) mass is 275 g/mol. The number of hydrogen-bond acceptors (Lipinski definition) is 4. The Balaban J connectivity index is 2.27. The van der Waals surface area contributed by atoms with E-state index in [2.05, 4.69) is 10.4 Å². The van der Waals surface area contributed by atoms with Crippen molar-refractivity contribution in [2.24, 2.45) is 7.05 Å². The fourth-order valence-corrected chi connectivity index (χ4v) is 2.17. The largest absolute Gasteiger partial charge is 0.439 e. The fraction of sp³-hybridized carbons (Fsp3) is 0.400. The molecule has 0 fully saturated rings. The zero-order chi connectivity index (χ0) is 14.5. The van der Waals surface area contributed by atoms with Crippen molar-refractivity contribution in [3.05, 3.63) is 41.1 Å². The fourth-order valence-electron chi connectivity index (χ4n) is 2.17. The first-order valence-corrected chi connectivity index (χ1v) is 6.58. The van der Waals surface area contributed by atoms with Crippen LogP contribution in [0.5, 0.6) is 11.6 Å². The van der Waals surface area contributed by atoms with Crippen molar-refractivity contribution in [2.45, 2.75) is 20.1 Å². The van der Waals surface area contributed by atoms with Gasteiger partial charge in [-0.05, 0) is 31.7 Å². The Kier molecular flexibility index (Phi) is 4.76. The molecule has 0 aliphatic rings. The summed E-state index contributed by atoms with van der Waals surface area (Å²) in [7, 11) is 5.49. The summed E-state index contributed by atoms with van der Waals surface area (Å²) >= 11 is 0. The number of nitrogens with zero attached hydrogens (tertiary/aromatic N) is 2. The zero-order valence-electron chi connectivity index (χ0n) is 12.4. The van der Waals surface area contributed by atoms with E-state index in [-0.39, 0.29) is 0 Å². The molecule has 0 spiro atoms. The average Bonchev–Trinajstić information content (AvgIpc) is 2.67. The minimum atomic E-state index is 0.574. The Labute approximate surface area is 119 Å². The van der Waals surface area contributed by atoms with Crippen LogP contribution in [0.15, 0.2) is 24.3 Å². The lowest BCUT2D eigenvalue weighted by Crippen LogP contribution is -2.07. The Morgan fingerprint density at radius 1 is 1.35 bits per heavy atom. The summed E-state index contributed by atoms with van der Waals surface area (Å²) in [5, 5.41) is 7.55. The van der Waals surface area contributed by atoms with Gasteiger partial charge in [-0.25, -0.2) is 4.68 Å². The molecule has 2 aromatic rings. The van der Waals surface area contributed by atoms with Crippen LogP contribution < -0.4 is 10.1 Å². The molecule has 0 saturated heterocycles. The molecule has 0 amide bonds. The van der Waals surface area contributed by atoms with Gasteiger partial charge in [-0.1, -0.05) is 12.1 Å². The molecule has 1 aromatic carbocycles. The summed E-state index contributed by atoms with van der Waals surface area (Å²) in [5.41, 5.74) is 3.14. The second kappa shape index (κ2) is 6.54. The molecule has 108 valence electrons. The Morgan fingerprint density at radius 3 is 2.85 bits per heavy atom. The summed E-state index contributed by atoms with van der Waals surface area (Å²) in [5.74, 6) is 1.56. The summed E-state index contributed by atoms with van der Waals surface area (Å²) in [6, 6.07) is 7.89. The first-order chi connectivity index (χ1) is 9.65. The van der Waals surface area contributed by atoms with Gasteiger partial charge >= 0.3 is 0 Å². The topological polar surface area (TPSA) is 48.3 Å². The van der Waals surface area contributed by atoms with Crippen molar-refractivity contribution in [3.63, 3.8) is 0 Å². The summed E-state index contributed by atoms with van der Waals surface area (Å²) in [6.07, 6.45) is 0. The quantitative estimate of drug-likeness (QED) is 0.879. The number of rotatable bonds is 6. The van der Waals surface area contributed by atoms with E-state index in [9.17, 15) is 0 Å². The lowest BCUT2D eigenvalue weighted by atomic mass is 10.2. The molecule has 0 saturated carbocycles. The highest BCUT2D eigenvalue weighted by atomic mass is 16.5. The van der Waals surface area contributed by atoms with Crippen LogP contribution in [0.4, 0.5) is 0 Å². The van der Waals surface area contributed by atoms with Crippen LogP contribution >= 0.6 is 0 Å². The van der Waals surface area contributed by atoms with Crippen molar-refractivity contribution in [3.8, 4) is 11.6 Å². The van der Waals surface area contributed by atoms with Gasteiger partial charge in [0.25, 0.3) is 0 Å². The highest BCUT2D eigenvalue weighted by Crippen LogP contribution is 2.27. The molecule has 0 atom stereocenters. The summed E-state index contributed by atoms with van der Waals surface area (Å²) in [4.78, 5) is 0. The van der Waals surface area contributed by atoms with E-state index in [4.69, 9.17) is 9.47 Å². The first kappa shape index (κ1) is 14.6. The minimum absolute atomic E-state index is 0.574. The molecule has 0 bridgehead atoms. The summed E-state index contributed by atoms with van der Waals surface area (Å²) < 4.78 is 12.9. The second-order valence-electron chi connectivity index (χ2n) is 4.71. The molecule has 2 rings (SSSR count). The maximum atomic E-state index is 6.01. The maximum absolute atomic E-state index is 6.01. The van der Waals surface area contributed by atoms with E-state index in [0.717, 1.165) is 35.0 Å². The van der Waals surface area contributed by atoms with Crippen molar-refractivity contribution in [1.82, 2.24) is 15.1 Å². The van der Waals surface area contributed by atoms with E-state index in [1.165, 1.54) is 0 Å². The van der Waals surface area contributed by atoms with Gasteiger partial charge in [0.05, 0.1) is 17.9 Å². The third-order valence-corrected chi connectivity index (χ3v) is 3.07. The molecule has 5 heteroatoms. The molecule has 0 radical (unpaired) electrons. The number of nitrogens with one attached hydrogen (secondary N) is 1. The number of ether oxygens (including phenoxy) is 2. The third-order valence-electron chi connectivity index (χ3n) is 3.07. The number of benzene rings is 1. The number of methoxy groups -OCH3 is 1. The highest BCUT2D eigenvalue weighted by Gasteiger charge is 2.14. The molecule has 1 N–H and O–H groups in total. The zero-order valence-corrected chi connectivity index (χ0v) is 12.4. The molecule has 0 unspecified atom stereocenters. The van der Waals surface area contributed by atoms with Crippen molar-refractivity contribution in [1.29, 1.82) is 0 Å². The van der Waals surface area contributed by atoms with Crippen LogP contribution in [0.3, 0.4) is 0 Å². The highest BCUT2D eigenvalue weighted by molar-refractivity contribution is 5.37. The Bertz CT molecular complexity index is 578. The standard InChI is InChI=1S/C15H21N3O2/c1-11-14(9-16-2)15(18(3)17-11)20-13-7-5-6-12(8-13)10-19-4/h5-8,16H,9-10H2,1-4H3. The average molecular weight is 275 g/mol. The van der Waals surface area contributed by atoms with Gasteiger partial charge in [-0.2, -0.15) is 5.10 Å². The number of hydrogen-bond donors (Lipinski definition) is 1. The van der Waals surface area contributed by atoms with Gasteiger partial charge < -0.3 is 14.8 Å². The maximum Gasteiger partial charge on any atom is 0.222 e. The van der Waals surface area contributed by atoms with Crippen molar-refractivity contribution in [2.75, 3.05) is 14.2 Å². The van der Waals surface area contributed by atoms with Gasteiger partial charge in [0.1, 0.15) is 5.75 Å². The molecule has 0 aliphatic heterocycles. The first-order valence-electron chi connectivity index (χ1n) is 6.58. The van der Waals surface area contributed by atoms with Gasteiger partial charge in [0.15, 0.2) is 0 Å². The van der Waals surface area contributed by atoms with Gasteiger partial charge in [0.2, 0.25) is 5.88 Å². The van der Waals surface area contributed by atoms with Gasteiger partial charge in [-0.15, -0.1) is 0 Å². The predicted octanol–water partition coefficient (Wildman–Crippen LogP) is 2.39. The molecular formula is C15H21N3O2. The number of aryl methyl sites for hydroxylation is 2. The Morgan fingerprint density at radius 2 is 2.15 bits per heavy atom. The smallest absolute Gasteiger partial charge is 0.222 e. The van der Waals surface area contributed by atoms with Gasteiger partial charge in [-0.3, -0.25) is 0 Å². The molecule has 20 heavy (non-hydrogen) atoms. The van der Waals surface area contributed by atoms with Gasteiger partial charge in [0, 0.05) is 20.7 Å². The van der Waals surface area contributed by atoms with Crippen LogP contribution in [0.2, 0.25) is 0 Å². The lowest BCUT2D eigenvalue weighted by molar-refractivity contribution is 0.184. The van der Waals surface area contributed by atoms with E-state index in [1.807, 2.05) is 45.3 Å². The van der Waals surface area contributed by atoms with Crippen LogP contribution in [-0.2, 0) is 24.9 Å². The molecule has 1 heterocycles. The molecule has 1 aromatic heterocycles. The normalized spacial score (nSPS) is 10.8. The number of aromatic nitrogens is 2. The van der Waals surface area contributed by atoms with Crippen LogP contribution in [0.1, 0.15) is 16.8 Å². The van der Waals surface area contributed by atoms with E-state index in [0.29, 0.717) is 6.61 Å². The minimum Gasteiger partial charge on any atom is -0.439 e. The van der Waals surface area contributed by atoms with E-state index in [1.54, 1.807) is 11.8 Å². The van der Waals surface area contributed by atoms with Crippen molar-refractivity contribution < 1.29 is 9.47 Å². The molecule has 0 aliphatic carbocycles. The lowest BCUT2D eigenvalue weighted by Gasteiger charge is -2.10. The second-order valence-corrected chi connectivity index (χ2v) is 4.71. The van der Waals surface area contributed by atoms with E-state index < -0.39 is 0 Å². The third kappa shape index (κ3) is 3.18. The van der Waals surface area contributed by atoms with Crippen LogP contribution in [-0.4, -0.2) is 23.9 Å². The SMILES string of the molecule is CNCc1c(C)nn(C)c1Oc1cccc(COC)c1. The van der Waals surface area contributed by atoms with Crippen LogP contribution in [0, 0.1) is 6.92 Å².